The number of rotatable bonds is 2. The maximum absolute atomic E-state index is 13.3. The summed E-state index contributed by atoms with van der Waals surface area (Å²) in [6, 6.07) is 0. The first-order chi connectivity index (χ1) is 9.52. The molecule has 0 amide bonds. The number of nitrogen functional groups attached to an aromatic ring is 1. The number of anilines is 1. The van der Waals surface area contributed by atoms with Gasteiger partial charge >= 0.3 is 6.08 Å². The van der Waals surface area contributed by atoms with Crippen LogP contribution in [0.2, 0.25) is 0 Å². The third-order valence-corrected chi connectivity index (χ3v) is 4.77. The van der Waals surface area contributed by atoms with Gasteiger partial charge in [-0.3, -0.25) is 4.57 Å². The highest BCUT2D eigenvalue weighted by Gasteiger charge is 2.43. The van der Waals surface area contributed by atoms with Crippen molar-refractivity contribution in [3.05, 3.63) is 12.4 Å². The molecule has 0 spiro atoms. The number of halogens is 1. The van der Waals surface area contributed by atoms with Gasteiger partial charge in [0.2, 0.25) is 0 Å². The van der Waals surface area contributed by atoms with Crippen LogP contribution in [0.1, 0.15) is 5.37 Å². The zero-order valence-electron chi connectivity index (χ0n) is 10.1. The lowest BCUT2D eigenvalue weighted by Crippen LogP contribution is -2.32. The molecule has 2 aromatic rings. The van der Waals surface area contributed by atoms with Crippen molar-refractivity contribution >= 4 is 28.7 Å². The summed E-state index contributed by atoms with van der Waals surface area (Å²) < 4.78 is 14.7. The molecule has 8 nitrogen and oxygen atoms in total. The molecule has 2 aromatic heterocycles. The Kier molecular flexibility index (Phi) is 3.24. The molecular weight excluding hydrogens is 289 g/mol. The van der Waals surface area contributed by atoms with Gasteiger partial charge in [-0.15, -0.1) is 11.8 Å². The van der Waals surface area contributed by atoms with E-state index in [1.165, 1.54) is 10.9 Å². The van der Waals surface area contributed by atoms with E-state index in [1.54, 1.807) is 0 Å². The summed E-state index contributed by atoms with van der Waals surface area (Å²) in [7, 11) is 0. The minimum absolute atomic E-state index is 0.0945. The van der Waals surface area contributed by atoms with Crippen molar-refractivity contribution in [2.45, 2.75) is 22.8 Å². The first kappa shape index (κ1) is 13.5. The molecule has 0 radical (unpaired) electrons. The normalized spacial score (nSPS) is 30.2. The summed E-state index contributed by atoms with van der Waals surface area (Å²) in [5.74, 6) is -0.0945. The molecule has 5 N–H and O–H groups in total. The highest BCUT2D eigenvalue weighted by Crippen LogP contribution is 2.42. The molecule has 4 atom stereocenters. The fourth-order valence-corrected chi connectivity index (χ4v) is 3.58. The SMILES string of the molecule is Nc1nc(F)nc2c1ncn2[C@@H]1S[C@H](CO)[C@@H](O)[C@H]1O. The lowest BCUT2D eigenvalue weighted by atomic mass is 10.1. The zero-order valence-corrected chi connectivity index (χ0v) is 10.9. The van der Waals surface area contributed by atoms with Gasteiger partial charge in [0.1, 0.15) is 17.0 Å². The zero-order chi connectivity index (χ0) is 14.4. The van der Waals surface area contributed by atoms with Gasteiger partial charge in [-0.1, -0.05) is 0 Å². The molecule has 1 fully saturated rings. The smallest absolute Gasteiger partial charge is 0.312 e. The summed E-state index contributed by atoms with van der Waals surface area (Å²) in [4.78, 5) is 11.0. The van der Waals surface area contributed by atoms with E-state index in [-0.39, 0.29) is 23.6 Å². The molecule has 1 saturated heterocycles. The van der Waals surface area contributed by atoms with Crippen molar-refractivity contribution in [1.82, 2.24) is 19.5 Å². The van der Waals surface area contributed by atoms with E-state index in [4.69, 9.17) is 10.8 Å². The second kappa shape index (κ2) is 4.81. The van der Waals surface area contributed by atoms with Crippen molar-refractivity contribution in [2.75, 3.05) is 12.3 Å². The molecule has 108 valence electrons. The van der Waals surface area contributed by atoms with Gasteiger partial charge in [0.15, 0.2) is 11.5 Å². The van der Waals surface area contributed by atoms with E-state index in [1.807, 2.05) is 0 Å². The molecule has 3 heterocycles. The third-order valence-electron chi connectivity index (χ3n) is 3.21. The number of aromatic nitrogens is 4. The van der Waals surface area contributed by atoms with Crippen LogP contribution in [0.15, 0.2) is 6.33 Å². The molecule has 0 aliphatic carbocycles. The predicted octanol–water partition coefficient (Wildman–Crippen LogP) is -1.12. The van der Waals surface area contributed by atoms with Gasteiger partial charge in [-0.2, -0.15) is 14.4 Å². The number of nitrogens with zero attached hydrogens (tertiary/aromatic N) is 4. The van der Waals surface area contributed by atoms with Crippen LogP contribution >= 0.6 is 11.8 Å². The van der Waals surface area contributed by atoms with Crippen molar-refractivity contribution in [3.8, 4) is 0 Å². The summed E-state index contributed by atoms with van der Waals surface area (Å²) >= 11 is 1.16. The fraction of sp³-hybridized carbons (Fsp3) is 0.500. The van der Waals surface area contributed by atoms with Gasteiger partial charge in [0.05, 0.1) is 24.3 Å². The number of thioether (sulfide) groups is 1. The fourth-order valence-electron chi connectivity index (χ4n) is 2.21. The highest BCUT2D eigenvalue weighted by molar-refractivity contribution is 8.00. The molecule has 0 aromatic carbocycles. The number of aliphatic hydroxyl groups is 3. The molecular formula is C10H12FN5O3S. The highest BCUT2D eigenvalue weighted by atomic mass is 32.2. The molecule has 0 saturated carbocycles. The lowest BCUT2D eigenvalue weighted by molar-refractivity contribution is 0.0113. The molecule has 0 bridgehead atoms. The van der Waals surface area contributed by atoms with Crippen LogP contribution in [0.25, 0.3) is 11.2 Å². The van der Waals surface area contributed by atoms with E-state index >= 15 is 0 Å². The molecule has 10 heteroatoms. The van der Waals surface area contributed by atoms with E-state index in [0.29, 0.717) is 0 Å². The largest absolute Gasteiger partial charge is 0.395 e. The molecule has 3 rings (SSSR count). The summed E-state index contributed by atoms with van der Waals surface area (Å²) in [5.41, 5.74) is 5.92. The number of nitrogens with two attached hydrogens (primary N) is 1. The van der Waals surface area contributed by atoms with Crippen molar-refractivity contribution < 1.29 is 19.7 Å². The van der Waals surface area contributed by atoms with E-state index in [9.17, 15) is 14.6 Å². The van der Waals surface area contributed by atoms with Crippen molar-refractivity contribution in [2.24, 2.45) is 0 Å². The van der Waals surface area contributed by atoms with E-state index in [0.717, 1.165) is 11.8 Å². The van der Waals surface area contributed by atoms with Crippen molar-refractivity contribution in [3.63, 3.8) is 0 Å². The first-order valence-electron chi connectivity index (χ1n) is 5.81. The van der Waals surface area contributed by atoms with Crippen LogP contribution in [0.5, 0.6) is 0 Å². The average Bonchev–Trinajstić information content (AvgIpc) is 2.93. The van der Waals surface area contributed by atoms with Gasteiger partial charge in [0, 0.05) is 0 Å². The van der Waals surface area contributed by atoms with E-state index < -0.39 is 28.9 Å². The Bertz CT molecular complexity index is 653. The quantitative estimate of drug-likeness (QED) is 0.513. The number of aliphatic hydroxyl groups excluding tert-OH is 3. The van der Waals surface area contributed by atoms with Crippen LogP contribution in [-0.4, -0.2) is 58.9 Å². The van der Waals surface area contributed by atoms with Crippen LogP contribution in [0, 0.1) is 6.08 Å². The number of hydrogen-bond acceptors (Lipinski definition) is 8. The molecule has 1 aliphatic heterocycles. The number of fused-ring (bicyclic) bond motifs is 1. The van der Waals surface area contributed by atoms with E-state index in [2.05, 4.69) is 15.0 Å². The average molecular weight is 301 g/mol. The predicted molar refractivity (Wildman–Crippen MR) is 69.2 cm³/mol. The Hall–Kier alpha value is -1.49. The Labute approximate surface area is 116 Å². The second-order valence-electron chi connectivity index (χ2n) is 4.43. The minimum Gasteiger partial charge on any atom is -0.395 e. The van der Waals surface area contributed by atoms with Crippen LogP contribution in [-0.2, 0) is 0 Å². The molecule has 0 unspecified atom stereocenters. The Morgan fingerprint density at radius 1 is 1.35 bits per heavy atom. The number of imidazole rings is 1. The van der Waals surface area contributed by atoms with Gasteiger partial charge in [-0.25, -0.2) is 4.98 Å². The van der Waals surface area contributed by atoms with Crippen LogP contribution < -0.4 is 5.73 Å². The molecule has 20 heavy (non-hydrogen) atoms. The maximum atomic E-state index is 13.3. The first-order valence-corrected chi connectivity index (χ1v) is 6.75. The van der Waals surface area contributed by atoms with Gasteiger partial charge in [0.25, 0.3) is 0 Å². The van der Waals surface area contributed by atoms with Crippen LogP contribution in [0.4, 0.5) is 10.2 Å². The van der Waals surface area contributed by atoms with Crippen LogP contribution in [0.3, 0.4) is 0 Å². The van der Waals surface area contributed by atoms with Gasteiger partial charge < -0.3 is 21.1 Å². The topological polar surface area (TPSA) is 130 Å². The summed E-state index contributed by atoms with van der Waals surface area (Å²) in [5, 5.41) is 27.8. The summed E-state index contributed by atoms with van der Waals surface area (Å²) in [6.45, 7) is -0.280. The van der Waals surface area contributed by atoms with Gasteiger partial charge in [-0.05, 0) is 0 Å². The lowest BCUT2D eigenvalue weighted by Gasteiger charge is -2.16. The monoisotopic (exact) mass is 301 g/mol. The Morgan fingerprint density at radius 2 is 2.10 bits per heavy atom. The Balaban J connectivity index is 2.07. The third kappa shape index (κ3) is 1.92. The minimum atomic E-state index is -1.13. The summed E-state index contributed by atoms with van der Waals surface area (Å²) in [6.07, 6.45) is -1.86. The standard InChI is InChI=1S/C10H12FN5O3S/c11-10-14-7(12)4-8(15-10)16(2-13-4)9-6(19)5(18)3(1-17)20-9/h2-3,5-6,9,17-19H,1H2,(H2,12,14,15)/t3-,5-,6-,9-/m1/s1. The van der Waals surface area contributed by atoms with Crippen molar-refractivity contribution in [1.29, 1.82) is 0 Å². The maximum Gasteiger partial charge on any atom is 0.312 e. The molecule has 1 aliphatic rings. The second-order valence-corrected chi connectivity index (χ2v) is 5.79. The number of hydrogen-bond donors (Lipinski definition) is 4. The Morgan fingerprint density at radius 3 is 2.75 bits per heavy atom.